The molecular weight excluding hydrogens is 370 g/mol. The molecule has 0 radical (unpaired) electrons. The Morgan fingerprint density at radius 1 is 1.30 bits per heavy atom. The summed E-state index contributed by atoms with van der Waals surface area (Å²) in [7, 11) is 0. The lowest BCUT2D eigenvalue weighted by molar-refractivity contribution is -0.0289. The molecule has 2 aliphatic rings. The molecule has 2 saturated heterocycles. The van der Waals surface area contributed by atoms with Crippen LogP contribution in [0.25, 0.3) is 11.2 Å². The lowest BCUT2D eigenvalue weighted by atomic mass is 10.1. The van der Waals surface area contributed by atoms with E-state index < -0.39 is 24.5 Å². The Bertz CT molecular complexity index is 782. The van der Waals surface area contributed by atoms with Crippen molar-refractivity contribution in [3.63, 3.8) is 0 Å². The van der Waals surface area contributed by atoms with E-state index in [0.29, 0.717) is 34.6 Å². The summed E-state index contributed by atoms with van der Waals surface area (Å²) >= 11 is 1.69. The minimum atomic E-state index is -1.05. The third-order valence-electron chi connectivity index (χ3n) is 4.83. The zero-order valence-electron chi connectivity index (χ0n) is 15.4. The summed E-state index contributed by atoms with van der Waals surface area (Å²) in [5.41, 5.74) is 1.16. The summed E-state index contributed by atoms with van der Waals surface area (Å²) in [6.07, 6.45) is 0.781. The van der Waals surface area contributed by atoms with Gasteiger partial charge in [-0.1, -0.05) is 13.8 Å². The Balaban J connectivity index is 1.56. The van der Waals surface area contributed by atoms with Crippen molar-refractivity contribution in [2.24, 2.45) is 0 Å². The van der Waals surface area contributed by atoms with Gasteiger partial charge in [0.15, 0.2) is 23.2 Å². The first-order chi connectivity index (χ1) is 13.0. The van der Waals surface area contributed by atoms with Gasteiger partial charge in [0.1, 0.15) is 18.5 Å². The van der Waals surface area contributed by atoms with Crippen LogP contribution >= 0.6 is 11.8 Å². The summed E-state index contributed by atoms with van der Waals surface area (Å²) in [4.78, 5) is 13.0. The zero-order valence-corrected chi connectivity index (χ0v) is 16.2. The van der Waals surface area contributed by atoms with Crippen LogP contribution in [0.5, 0.6) is 0 Å². The summed E-state index contributed by atoms with van der Waals surface area (Å²) in [6, 6.07) is 0.195. The van der Waals surface area contributed by atoms with Gasteiger partial charge in [-0.25, -0.2) is 15.0 Å². The third kappa shape index (κ3) is 3.77. The molecule has 4 rings (SSSR count). The van der Waals surface area contributed by atoms with E-state index in [4.69, 9.17) is 9.47 Å². The van der Waals surface area contributed by atoms with E-state index >= 15 is 0 Å². The van der Waals surface area contributed by atoms with Crippen molar-refractivity contribution >= 4 is 28.7 Å². The van der Waals surface area contributed by atoms with Gasteiger partial charge in [-0.15, -0.1) is 0 Å². The van der Waals surface area contributed by atoms with Crippen molar-refractivity contribution in [3.8, 4) is 0 Å². The topological polar surface area (TPSA) is 115 Å². The van der Waals surface area contributed by atoms with Crippen LogP contribution in [0.4, 0.5) is 5.82 Å². The Labute approximate surface area is 161 Å². The normalized spacial score (nSPS) is 31.2. The SMILES string of the molecule is CC(C)SC[C@H]1O[C@@H](n2cnc3c(N[C@@H]4CCOC4)ncnc32)[C@H](O)[C@@H]1O. The number of hydrogen-bond donors (Lipinski definition) is 3. The van der Waals surface area contributed by atoms with Gasteiger partial charge < -0.3 is 25.0 Å². The molecule has 0 unspecified atom stereocenters. The van der Waals surface area contributed by atoms with Gasteiger partial charge in [-0.2, -0.15) is 11.8 Å². The van der Waals surface area contributed by atoms with Crippen LogP contribution in [0.1, 0.15) is 26.5 Å². The average molecular weight is 395 g/mol. The predicted octanol–water partition coefficient (Wildman–Crippen LogP) is 0.788. The Morgan fingerprint density at radius 3 is 2.89 bits per heavy atom. The van der Waals surface area contributed by atoms with Crippen molar-refractivity contribution in [1.29, 1.82) is 0 Å². The molecule has 0 saturated carbocycles. The van der Waals surface area contributed by atoms with Gasteiger partial charge in [-0.3, -0.25) is 4.57 Å². The second-order valence-electron chi connectivity index (χ2n) is 7.18. The molecule has 0 bridgehead atoms. The number of aliphatic hydroxyl groups excluding tert-OH is 2. The summed E-state index contributed by atoms with van der Waals surface area (Å²) < 4.78 is 13.0. The molecule has 10 heteroatoms. The molecule has 2 aliphatic heterocycles. The lowest BCUT2D eigenvalue weighted by Gasteiger charge is -2.17. The van der Waals surface area contributed by atoms with E-state index in [9.17, 15) is 10.2 Å². The molecule has 4 heterocycles. The zero-order chi connectivity index (χ0) is 19.0. The first-order valence-electron chi connectivity index (χ1n) is 9.19. The maximum absolute atomic E-state index is 10.5. The summed E-state index contributed by atoms with van der Waals surface area (Å²) in [5.74, 6) is 1.25. The minimum absolute atomic E-state index is 0.195. The fraction of sp³-hybridized carbons (Fsp3) is 0.706. The number of fused-ring (bicyclic) bond motifs is 1. The first-order valence-corrected chi connectivity index (χ1v) is 10.2. The van der Waals surface area contributed by atoms with E-state index in [0.717, 1.165) is 13.0 Å². The molecule has 2 aromatic rings. The highest BCUT2D eigenvalue weighted by molar-refractivity contribution is 7.99. The minimum Gasteiger partial charge on any atom is -0.387 e. The summed E-state index contributed by atoms with van der Waals surface area (Å²) in [5, 5.41) is 24.7. The number of hydrogen-bond acceptors (Lipinski definition) is 9. The maximum Gasteiger partial charge on any atom is 0.167 e. The molecule has 0 aliphatic carbocycles. The van der Waals surface area contributed by atoms with E-state index in [1.54, 1.807) is 22.7 Å². The first kappa shape index (κ1) is 18.9. The molecule has 2 fully saturated rings. The average Bonchev–Trinajstić information content (AvgIpc) is 3.36. The molecule has 148 valence electrons. The van der Waals surface area contributed by atoms with Gasteiger partial charge in [0.25, 0.3) is 0 Å². The second kappa shape index (κ2) is 7.88. The third-order valence-corrected chi connectivity index (χ3v) is 6.02. The van der Waals surface area contributed by atoms with Gasteiger partial charge in [0.05, 0.1) is 25.1 Å². The van der Waals surface area contributed by atoms with Gasteiger partial charge in [-0.05, 0) is 11.7 Å². The smallest absolute Gasteiger partial charge is 0.167 e. The van der Waals surface area contributed by atoms with Crippen LogP contribution in [0.15, 0.2) is 12.7 Å². The Kier molecular flexibility index (Phi) is 5.51. The lowest BCUT2D eigenvalue weighted by Crippen LogP contribution is -2.32. The van der Waals surface area contributed by atoms with E-state index in [1.165, 1.54) is 6.33 Å². The summed E-state index contributed by atoms with van der Waals surface area (Å²) in [6.45, 7) is 5.54. The molecular formula is C17H25N5O4S. The van der Waals surface area contributed by atoms with E-state index in [1.807, 2.05) is 0 Å². The quantitative estimate of drug-likeness (QED) is 0.653. The number of aromatic nitrogens is 4. The highest BCUT2D eigenvalue weighted by Gasteiger charge is 2.44. The maximum atomic E-state index is 10.5. The number of anilines is 1. The highest BCUT2D eigenvalue weighted by Crippen LogP contribution is 2.34. The van der Waals surface area contributed by atoms with Crippen LogP contribution in [0, 0.1) is 0 Å². The molecule has 2 aromatic heterocycles. The highest BCUT2D eigenvalue weighted by atomic mass is 32.2. The molecule has 5 atom stereocenters. The van der Waals surface area contributed by atoms with Crippen molar-refractivity contribution in [1.82, 2.24) is 19.5 Å². The monoisotopic (exact) mass is 395 g/mol. The number of nitrogens with zero attached hydrogens (tertiary/aromatic N) is 4. The van der Waals surface area contributed by atoms with Crippen LogP contribution in [0.3, 0.4) is 0 Å². The number of nitrogens with one attached hydrogen (secondary N) is 1. The van der Waals surface area contributed by atoms with Gasteiger partial charge in [0.2, 0.25) is 0 Å². The van der Waals surface area contributed by atoms with Crippen molar-refractivity contribution in [3.05, 3.63) is 12.7 Å². The number of rotatable bonds is 6. The number of ether oxygens (including phenoxy) is 2. The number of aliphatic hydroxyl groups is 2. The number of imidazole rings is 1. The molecule has 0 aromatic carbocycles. The fourth-order valence-electron chi connectivity index (χ4n) is 3.37. The van der Waals surface area contributed by atoms with Gasteiger partial charge in [0, 0.05) is 12.4 Å². The van der Waals surface area contributed by atoms with Crippen molar-refractivity contribution in [2.45, 2.75) is 56.1 Å². The van der Waals surface area contributed by atoms with Crippen LogP contribution in [0.2, 0.25) is 0 Å². The Morgan fingerprint density at radius 2 is 2.15 bits per heavy atom. The fourth-order valence-corrected chi connectivity index (χ4v) is 4.22. The molecule has 9 nitrogen and oxygen atoms in total. The van der Waals surface area contributed by atoms with Crippen LogP contribution in [-0.2, 0) is 9.47 Å². The standard InChI is InChI=1S/C17H25N5O4S/c1-9(2)27-6-11-13(23)14(24)17(26-11)22-8-20-12-15(18-7-19-16(12)22)21-10-3-4-25-5-10/h7-11,13-14,17,23-24H,3-6H2,1-2H3,(H,18,19,21)/t10-,11-,13-,14-,17-/m1/s1. The Hall–Kier alpha value is -1.46. The van der Waals surface area contributed by atoms with Crippen molar-refractivity contribution < 1.29 is 19.7 Å². The molecule has 0 amide bonds. The van der Waals surface area contributed by atoms with Gasteiger partial charge >= 0.3 is 0 Å². The largest absolute Gasteiger partial charge is 0.387 e. The molecule has 27 heavy (non-hydrogen) atoms. The van der Waals surface area contributed by atoms with Crippen LogP contribution < -0.4 is 5.32 Å². The van der Waals surface area contributed by atoms with Crippen molar-refractivity contribution in [2.75, 3.05) is 24.3 Å². The van der Waals surface area contributed by atoms with E-state index in [2.05, 4.69) is 34.1 Å². The molecule has 3 N–H and O–H groups in total. The molecule has 0 spiro atoms. The second-order valence-corrected chi connectivity index (χ2v) is 8.79. The van der Waals surface area contributed by atoms with E-state index in [-0.39, 0.29) is 6.04 Å². The number of thioether (sulfide) groups is 1. The predicted molar refractivity (Wildman–Crippen MR) is 102 cm³/mol. The van der Waals surface area contributed by atoms with Crippen LogP contribution in [-0.4, -0.2) is 78.3 Å².